The maximum absolute atomic E-state index is 12.6. The van der Waals surface area contributed by atoms with E-state index in [9.17, 15) is 9.59 Å². The Bertz CT molecular complexity index is 744. The summed E-state index contributed by atoms with van der Waals surface area (Å²) >= 11 is 2.18. The van der Waals surface area contributed by atoms with Crippen LogP contribution in [0.2, 0.25) is 0 Å². The first kappa shape index (κ1) is 16.9. The number of imide groups is 1. The van der Waals surface area contributed by atoms with Gasteiger partial charge in [-0.2, -0.15) is 0 Å². The van der Waals surface area contributed by atoms with Crippen molar-refractivity contribution in [3.63, 3.8) is 0 Å². The lowest BCUT2D eigenvalue weighted by Gasteiger charge is -2.16. The average molecular weight is 436 g/mol. The van der Waals surface area contributed by atoms with Crippen molar-refractivity contribution in [1.29, 1.82) is 0 Å². The van der Waals surface area contributed by atoms with Gasteiger partial charge in [-0.1, -0.05) is 12.1 Å². The van der Waals surface area contributed by atoms with Gasteiger partial charge < -0.3 is 10.4 Å². The van der Waals surface area contributed by atoms with E-state index in [2.05, 4.69) is 27.9 Å². The number of anilines is 2. The van der Waals surface area contributed by atoms with Gasteiger partial charge in [-0.3, -0.25) is 9.59 Å². The molecule has 0 bridgehead atoms. The van der Waals surface area contributed by atoms with Crippen molar-refractivity contribution < 1.29 is 14.7 Å². The summed E-state index contributed by atoms with van der Waals surface area (Å²) in [5.74, 6) is -0.434. The Kier molecular flexibility index (Phi) is 5.15. The fourth-order valence-electron chi connectivity index (χ4n) is 2.70. The first-order valence-electron chi connectivity index (χ1n) is 7.67. The molecule has 2 amide bonds. The van der Waals surface area contributed by atoms with Crippen LogP contribution in [-0.2, 0) is 16.0 Å². The number of nitrogens with one attached hydrogen (secondary N) is 1. The van der Waals surface area contributed by atoms with Crippen LogP contribution in [0.3, 0.4) is 0 Å². The summed E-state index contributed by atoms with van der Waals surface area (Å²) in [7, 11) is 0. The van der Waals surface area contributed by atoms with Crippen LogP contribution in [0, 0.1) is 3.57 Å². The molecule has 1 saturated heterocycles. The van der Waals surface area contributed by atoms with Crippen molar-refractivity contribution >= 4 is 45.8 Å². The fraction of sp³-hybridized carbons (Fsp3) is 0.222. The minimum atomic E-state index is -0.555. The molecule has 1 heterocycles. The highest BCUT2D eigenvalue weighted by Gasteiger charge is 2.39. The van der Waals surface area contributed by atoms with Crippen molar-refractivity contribution in [2.75, 3.05) is 16.8 Å². The van der Waals surface area contributed by atoms with Crippen LogP contribution in [0.4, 0.5) is 11.4 Å². The molecule has 24 heavy (non-hydrogen) atoms. The van der Waals surface area contributed by atoms with Gasteiger partial charge in [0.25, 0.3) is 5.91 Å². The van der Waals surface area contributed by atoms with Crippen molar-refractivity contribution in [2.24, 2.45) is 0 Å². The summed E-state index contributed by atoms with van der Waals surface area (Å²) in [5.41, 5.74) is 2.41. The summed E-state index contributed by atoms with van der Waals surface area (Å²) in [6.45, 7) is 0.105. The van der Waals surface area contributed by atoms with Gasteiger partial charge in [-0.05, 0) is 71.0 Å². The predicted octanol–water partition coefficient (Wildman–Crippen LogP) is 2.57. The molecule has 5 nitrogen and oxygen atoms in total. The first-order valence-corrected chi connectivity index (χ1v) is 8.75. The molecule has 0 spiro atoms. The van der Waals surface area contributed by atoms with Crippen molar-refractivity contribution in [3.8, 4) is 0 Å². The maximum Gasteiger partial charge on any atom is 0.256 e. The highest BCUT2D eigenvalue weighted by molar-refractivity contribution is 14.1. The Morgan fingerprint density at radius 1 is 1.08 bits per heavy atom. The van der Waals surface area contributed by atoms with Gasteiger partial charge >= 0.3 is 0 Å². The summed E-state index contributed by atoms with van der Waals surface area (Å²) < 4.78 is 1.05. The number of carbonyl (C=O) groups excluding carboxylic acids is 2. The number of carbonyl (C=O) groups is 2. The second kappa shape index (κ2) is 7.31. The third-order valence-corrected chi connectivity index (χ3v) is 4.65. The van der Waals surface area contributed by atoms with Crippen LogP contribution >= 0.6 is 22.6 Å². The van der Waals surface area contributed by atoms with Gasteiger partial charge in [-0.25, -0.2) is 4.90 Å². The zero-order chi connectivity index (χ0) is 17.1. The van der Waals surface area contributed by atoms with Crippen LogP contribution in [-0.4, -0.2) is 29.6 Å². The molecule has 1 unspecified atom stereocenters. The standard InChI is InChI=1S/C18H17IN2O3/c19-13-3-7-15(8-4-13)21-17(23)11-16(18(21)24)20-14-5-1-12(2-6-14)9-10-22/h1-8,16,20,22H,9-11H2. The highest BCUT2D eigenvalue weighted by Crippen LogP contribution is 2.25. The third kappa shape index (κ3) is 3.59. The van der Waals surface area contributed by atoms with E-state index in [1.165, 1.54) is 4.90 Å². The van der Waals surface area contributed by atoms with Gasteiger partial charge in [0, 0.05) is 15.9 Å². The molecule has 6 heteroatoms. The zero-order valence-electron chi connectivity index (χ0n) is 12.9. The summed E-state index contributed by atoms with van der Waals surface area (Å²) in [4.78, 5) is 26.1. The van der Waals surface area contributed by atoms with Crippen LogP contribution in [0.5, 0.6) is 0 Å². The Hall–Kier alpha value is -1.93. The van der Waals surface area contributed by atoms with E-state index in [-0.39, 0.29) is 24.8 Å². The molecule has 1 aliphatic rings. The summed E-state index contributed by atoms with van der Waals surface area (Å²) in [6.07, 6.45) is 0.741. The first-order chi connectivity index (χ1) is 11.6. The minimum absolute atomic E-state index is 0.105. The molecule has 0 aromatic heterocycles. The number of hydrogen-bond donors (Lipinski definition) is 2. The van der Waals surface area contributed by atoms with Crippen molar-refractivity contribution in [2.45, 2.75) is 18.9 Å². The highest BCUT2D eigenvalue weighted by atomic mass is 127. The molecular formula is C18H17IN2O3. The van der Waals surface area contributed by atoms with E-state index in [0.717, 1.165) is 14.8 Å². The van der Waals surface area contributed by atoms with Crippen molar-refractivity contribution in [1.82, 2.24) is 0 Å². The Labute approximate surface area is 153 Å². The van der Waals surface area contributed by atoms with E-state index in [1.807, 2.05) is 36.4 Å². The molecule has 2 N–H and O–H groups in total. The number of aliphatic hydroxyl groups is 1. The average Bonchev–Trinajstić information content (AvgIpc) is 2.85. The summed E-state index contributed by atoms with van der Waals surface area (Å²) in [6, 6.07) is 14.3. The lowest BCUT2D eigenvalue weighted by Crippen LogP contribution is -2.34. The second-order valence-corrected chi connectivity index (χ2v) is 6.86. The molecule has 124 valence electrons. The van der Waals surface area contributed by atoms with Gasteiger partial charge in [0.2, 0.25) is 5.91 Å². The van der Waals surface area contributed by atoms with E-state index < -0.39 is 6.04 Å². The molecule has 0 aliphatic carbocycles. The van der Waals surface area contributed by atoms with Crippen molar-refractivity contribution in [3.05, 3.63) is 57.7 Å². The Morgan fingerprint density at radius 3 is 2.38 bits per heavy atom. The van der Waals surface area contributed by atoms with Crippen LogP contribution in [0.25, 0.3) is 0 Å². The Morgan fingerprint density at radius 2 is 1.75 bits per heavy atom. The van der Waals surface area contributed by atoms with E-state index in [4.69, 9.17) is 5.11 Å². The quantitative estimate of drug-likeness (QED) is 0.559. The fourth-order valence-corrected chi connectivity index (χ4v) is 3.06. The number of hydrogen-bond acceptors (Lipinski definition) is 4. The van der Waals surface area contributed by atoms with E-state index in [1.54, 1.807) is 12.1 Å². The lowest BCUT2D eigenvalue weighted by molar-refractivity contribution is -0.121. The van der Waals surface area contributed by atoms with Gasteiger partial charge in [0.15, 0.2) is 0 Å². The number of benzene rings is 2. The largest absolute Gasteiger partial charge is 0.396 e. The van der Waals surface area contributed by atoms with Crippen LogP contribution < -0.4 is 10.2 Å². The predicted molar refractivity (Wildman–Crippen MR) is 101 cm³/mol. The smallest absolute Gasteiger partial charge is 0.256 e. The molecule has 1 fully saturated rings. The van der Waals surface area contributed by atoms with Gasteiger partial charge in [-0.15, -0.1) is 0 Å². The number of halogens is 1. The number of amides is 2. The molecule has 2 aromatic carbocycles. The molecular weight excluding hydrogens is 419 g/mol. The number of nitrogens with zero attached hydrogens (tertiary/aromatic N) is 1. The third-order valence-electron chi connectivity index (χ3n) is 3.93. The topological polar surface area (TPSA) is 69.6 Å². The number of aliphatic hydroxyl groups excluding tert-OH is 1. The van der Waals surface area contributed by atoms with Crippen LogP contribution in [0.15, 0.2) is 48.5 Å². The second-order valence-electron chi connectivity index (χ2n) is 5.62. The van der Waals surface area contributed by atoms with E-state index in [0.29, 0.717) is 12.1 Å². The Balaban J connectivity index is 1.72. The van der Waals surface area contributed by atoms with E-state index >= 15 is 0 Å². The minimum Gasteiger partial charge on any atom is -0.396 e. The molecule has 1 aliphatic heterocycles. The summed E-state index contributed by atoms with van der Waals surface area (Å²) in [5, 5.41) is 12.1. The van der Waals surface area contributed by atoms with Gasteiger partial charge in [0.05, 0.1) is 12.1 Å². The normalized spacial score (nSPS) is 17.4. The lowest BCUT2D eigenvalue weighted by atomic mass is 10.1. The van der Waals surface area contributed by atoms with Gasteiger partial charge in [0.1, 0.15) is 6.04 Å². The number of rotatable bonds is 5. The zero-order valence-corrected chi connectivity index (χ0v) is 15.1. The maximum atomic E-state index is 12.6. The molecule has 0 radical (unpaired) electrons. The molecule has 1 atom stereocenters. The molecule has 0 saturated carbocycles. The SMILES string of the molecule is O=C1CC(Nc2ccc(CCO)cc2)C(=O)N1c1ccc(I)cc1. The monoisotopic (exact) mass is 436 g/mol. The molecule has 2 aromatic rings. The van der Waals surface area contributed by atoms with Crippen LogP contribution in [0.1, 0.15) is 12.0 Å². The molecule has 3 rings (SSSR count).